The molecule has 0 fully saturated rings. The first-order valence-corrected chi connectivity index (χ1v) is 6.35. The summed E-state index contributed by atoms with van der Waals surface area (Å²) < 4.78 is 5.09. The van der Waals surface area contributed by atoms with Crippen LogP contribution in [-0.2, 0) is 9.53 Å². The predicted octanol–water partition coefficient (Wildman–Crippen LogP) is 2.05. The maximum Gasteiger partial charge on any atom is 0.338 e. The van der Waals surface area contributed by atoms with Crippen molar-refractivity contribution in [1.82, 2.24) is 0 Å². The fraction of sp³-hybridized carbons (Fsp3) is 0.385. The number of anilines is 1. The molecule has 1 aromatic carbocycles. The van der Waals surface area contributed by atoms with Crippen LogP contribution in [0.1, 0.15) is 30.1 Å². The van der Waals surface area contributed by atoms with Gasteiger partial charge in [-0.3, -0.25) is 14.9 Å². The smallest absolute Gasteiger partial charge is 0.338 e. The van der Waals surface area contributed by atoms with Crippen molar-refractivity contribution < 1.29 is 24.4 Å². The molecule has 0 aliphatic carbocycles. The van der Waals surface area contributed by atoms with Crippen molar-refractivity contribution >= 4 is 23.3 Å². The van der Waals surface area contributed by atoms with Crippen LogP contribution in [0.5, 0.6) is 0 Å². The number of non-ortho nitro benzene ring substituents is 1. The Balaban J connectivity index is 2.76. The highest BCUT2D eigenvalue weighted by Gasteiger charge is 2.17. The third-order valence-corrected chi connectivity index (χ3v) is 2.62. The van der Waals surface area contributed by atoms with E-state index in [0.29, 0.717) is 19.6 Å². The molecule has 8 nitrogen and oxygen atoms in total. The van der Waals surface area contributed by atoms with E-state index in [0.717, 1.165) is 12.1 Å². The molecule has 0 spiro atoms. The SMILES string of the molecule is CCOCCCC(=O)Nc1ccc([N+](=O)[O-])cc1C(=O)O. The lowest BCUT2D eigenvalue weighted by Crippen LogP contribution is -2.15. The molecule has 1 aromatic rings. The monoisotopic (exact) mass is 296 g/mol. The van der Waals surface area contributed by atoms with E-state index in [2.05, 4.69) is 5.32 Å². The average molecular weight is 296 g/mol. The van der Waals surface area contributed by atoms with E-state index in [-0.39, 0.29) is 29.3 Å². The number of nitrogens with zero attached hydrogens (tertiary/aromatic N) is 1. The number of carbonyl (C=O) groups excluding carboxylic acids is 1. The Labute approximate surface area is 120 Å². The number of hydrogen-bond donors (Lipinski definition) is 2. The minimum atomic E-state index is -1.34. The number of carboxylic acid groups (broad SMARTS) is 1. The van der Waals surface area contributed by atoms with Crippen LogP contribution in [-0.4, -0.2) is 35.1 Å². The molecule has 0 aliphatic rings. The molecular formula is C13H16N2O6. The van der Waals surface area contributed by atoms with Crippen LogP contribution >= 0.6 is 0 Å². The number of nitro groups is 1. The van der Waals surface area contributed by atoms with Crippen LogP contribution in [0.4, 0.5) is 11.4 Å². The molecule has 114 valence electrons. The van der Waals surface area contributed by atoms with Crippen LogP contribution in [0, 0.1) is 10.1 Å². The van der Waals surface area contributed by atoms with Gasteiger partial charge in [0.05, 0.1) is 16.2 Å². The summed E-state index contributed by atoms with van der Waals surface area (Å²) in [5, 5.41) is 22.1. The molecule has 0 heterocycles. The lowest BCUT2D eigenvalue weighted by atomic mass is 10.1. The molecule has 1 rings (SSSR count). The van der Waals surface area contributed by atoms with Gasteiger partial charge < -0.3 is 15.2 Å². The van der Waals surface area contributed by atoms with E-state index >= 15 is 0 Å². The lowest BCUT2D eigenvalue weighted by molar-refractivity contribution is -0.384. The molecule has 0 saturated carbocycles. The quantitative estimate of drug-likeness (QED) is 0.430. The van der Waals surface area contributed by atoms with Crippen molar-refractivity contribution in [1.29, 1.82) is 0 Å². The highest BCUT2D eigenvalue weighted by molar-refractivity contribution is 6.01. The molecule has 1 amide bonds. The number of rotatable bonds is 8. The molecule has 2 N–H and O–H groups in total. The van der Waals surface area contributed by atoms with Crippen molar-refractivity contribution in [2.45, 2.75) is 19.8 Å². The fourth-order valence-corrected chi connectivity index (χ4v) is 1.62. The zero-order chi connectivity index (χ0) is 15.8. The fourth-order valence-electron chi connectivity index (χ4n) is 1.62. The molecule has 0 saturated heterocycles. The first kappa shape index (κ1) is 16.6. The lowest BCUT2D eigenvalue weighted by Gasteiger charge is -2.08. The maximum atomic E-state index is 11.7. The van der Waals surface area contributed by atoms with Crippen molar-refractivity contribution in [2.24, 2.45) is 0 Å². The highest BCUT2D eigenvalue weighted by atomic mass is 16.6. The van der Waals surface area contributed by atoms with E-state index < -0.39 is 10.9 Å². The zero-order valence-electron chi connectivity index (χ0n) is 11.5. The standard InChI is InChI=1S/C13H16N2O6/c1-2-21-7-3-4-12(16)14-11-6-5-9(15(19)20)8-10(11)13(17)18/h5-6,8H,2-4,7H2,1H3,(H,14,16)(H,17,18). The number of amides is 1. The third kappa shape index (κ3) is 5.19. The van der Waals surface area contributed by atoms with E-state index in [1.807, 2.05) is 6.92 Å². The first-order chi connectivity index (χ1) is 9.95. The van der Waals surface area contributed by atoms with Gasteiger partial charge in [0.15, 0.2) is 0 Å². The number of benzene rings is 1. The van der Waals surface area contributed by atoms with E-state index in [9.17, 15) is 19.7 Å². The van der Waals surface area contributed by atoms with Gasteiger partial charge >= 0.3 is 5.97 Å². The van der Waals surface area contributed by atoms with Crippen molar-refractivity contribution in [2.75, 3.05) is 18.5 Å². The van der Waals surface area contributed by atoms with Crippen molar-refractivity contribution in [3.05, 3.63) is 33.9 Å². The Morgan fingerprint density at radius 3 is 2.71 bits per heavy atom. The second-order valence-electron chi connectivity index (χ2n) is 4.14. The maximum absolute atomic E-state index is 11.7. The first-order valence-electron chi connectivity index (χ1n) is 6.35. The van der Waals surface area contributed by atoms with Gasteiger partial charge in [-0.05, 0) is 19.4 Å². The van der Waals surface area contributed by atoms with Crippen molar-refractivity contribution in [3.8, 4) is 0 Å². The summed E-state index contributed by atoms with van der Waals surface area (Å²) >= 11 is 0. The third-order valence-electron chi connectivity index (χ3n) is 2.62. The average Bonchev–Trinajstić information content (AvgIpc) is 2.43. The topological polar surface area (TPSA) is 119 Å². The number of nitro benzene ring substituents is 1. The largest absolute Gasteiger partial charge is 0.478 e. The van der Waals surface area contributed by atoms with Gasteiger partial charge in [-0.1, -0.05) is 0 Å². The minimum absolute atomic E-state index is 0.0366. The number of carbonyl (C=O) groups is 2. The minimum Gasteiger partial charge on any atom is -0.478 e. The molecule has 0 aliphatic heterocycles. The van der Waals surface area contributed by atoms with Crippen LogP contribution in [0.25, 0.3) is 0 Å². The molecule has 8 heteroatoms. The van der Waals surface area contributed by atoms with Crippen LogP contribution < -0.4 is 5.32 Å². The zero-order valence-corrected chi connectivity index (χ0v) is 11.5. The molecule has 0 aromatic heterocycles. The Bertz CT molecular complexity index is 543. The highest BCUT2D eigenvalue weighted by Crippen LogP contribution is 2.22. The van der Waals surface area contributed by atoms with Crippen molar-refractivity contribution in [3.63, 3.8) is 0 Å². The van der Waals surface area contributed by atoms with Gasteiger partial charge in [0, 0.05) is 31.8 Å². The van der Waals surface area contributed by atoms with Gasteiger partial charge in [0.2, 0.25) is 5.91 Å². The summed E-state index contributed by atoms with van der Waals surface area (Å²) in [6.45, 7) is 2.85. The van der Waals surface area contributed by atoms with Crippen LogP contribution in [0.3, 0.4) is 0 Å². The number of nitrogens with one attached hydrogen (secondary N) is 1. The van der Waals surface area contributed by atoms with E-state index in [1.54, 1.807) is 0 Å². The Kier molecular flexibility index (Phi) is 6.28. The second kappa shape index (κ2) is 7.95. The normalized spacial score (nSPS) is 10.1. The summed E-state index contributed by atoms with van der Waals surface area (Å²) in [4.78, 5) is 32.7. The molecule has 0 unspecified atom stereocenters. The predicted molar refractivity (Wildman–Crippen MR) is 74.4 cm³/mol. The van der Waals surface area contributed by atoms with Gasteiger partial charge in [0.25, 0.3) is 5.69 Å². The van der Waals surface area contributed by atoms with Gasteiger partial charge in [-0.15, -0.1) is 0 Å². The Morgan fingerprint density at radius 1 is 1.43 bits per heavy atom. The number of carboxylic acids is 1. The second-order valence-corrected chi connectivity index (χ2v) is 4.14. The molecular weight excluding hydrogens is 280 g/mol. The van der Waals surface area contributed by atoms with E-state index in [4.69, 9.17) is 9.84 Å². The van der Waals surface area contributed by atoms with Gasteiger partial charge in [-0.25, -0.2) is 4.79 Å². The summed E-state index contributed by atoms with van der Waals surface area (Å²) in [6.07, 6.45) is 0.686. The number of hydrogen-bond acceptors (Lipinski definition) is 5. The van der Waals surface area contributed by atoms with Gasteiger partial charge in [0.1, 0.15) is 0 Å². The summed E-state index contributed by atoms with van der Waals surface area (Å²) in [6, 6.07) is 3.27. The van der Waals surface area contributed by atoms with Crippen LogP contribution in [0.2, 0.25) is 0 Å². The molecule has 0 bridgehead atoms. The Morgan fingerprint density at radius 2 is 2.14 bits per heavy atom. The van der Waals surface area contributed by atoms with Gasteiger partial charge in [-0.2, -0.15) is 0 Å². The van der Waals surface area contributed by atoms with Crippen LogP contribution in [0.15, 0.2) is 18.2 Å². The summed E-state index contributed by atoms with van der Waals surface area (Å²) in [7, 11) is 0. The molecule has 0 atom stereocenters. The molecule has 21 heavy (non-hydrogen) atoms. The summed E-state index contributed by atoms with van der Waals surface area (Å²) in [5.41, 5.74) is -0.626. The number of aromatic carboxylic acids is 1. The Hall–Kier alpha value is -2.48. The van der Waals surface area contributed by atoms with E-state index in [1.165, 1.54) is 6.07 Å². The summed E-state index contributed by atoms with van der Waals surface area (Å²) in [5.74, 6) is -1.71. The molecule has 0 radical (unpaired) electrons. The number of ether oxygens (including phenoxy) is 1.